The number of benzene rings is 2. The Morgan fingerprint density at radius 2 is 1.81 bits per heavy atom. The van der Waals surface area contributed by atoms with E-state index in [-0.39, 0.29) is 19.4 Å². The molecule has 2 aromatic rings. The Hall–Kier alpha value is -3.46. The second kappa shape index (κ2) is 11.5. The first kappa shape index (κ1) is 25.6. The highest BCUT2D eigenvalue weighted by atomic mass is 16.7. The molecular formula is C27H34N2O7. The number of hydrogen-bond donors (Lipinski definition) is 1. The largest absolute Gasteiger partial charge is 0.497 e. The molecule has 0 bridgehead atoms. The molecular weight excluding hydrogens is 464 g/mol. The average molecular weight is 499 g/mol. The molecule has 2 aromatic carbocycles. The number of unbranched alkanes of at least 4 members (excludes halogenated alkanes) is 1. The lowest BCUT2D eigenvalue weighted by Crippen LogP contribution is -2.43. The Bertz CT molecular complexity index is 1060. The lowest BCUT2D eigenvalue weighted by atomic mass is 9.83. The van der Waals surface area contributed by atoms with Crippen LogP contribution in [-0.4, -0.2) is 74.2 Å². The summed E-state index contributed by atoms with van der Waals surface area (Å²) in [6.07, 6.45) is 2.02. The van der Waals surface area contributed by atoms with E-state index < -0.39 is 23.8 Å². The van der Waals surface area contributed by atoms with E-state index in [0.717, 1.165) is 24.0 Å². The van der Waals surface area contributed by atoms with Crippen molar-refractivity contribution in [1.29, 1.82) is 0 Å². The summed E-state index contributed by atoms with van der Waals surface area (Å²) in [6.45, 7) is 3.99. The number of likely N-dealkylation sites (N-methyl/N-ethyl adjacent to an activating group) is 1. The monoisotopic (exact) mass is 498 g/mol. The van der Waals surface area contributed by atoms with Gasteiger partial charge in [0.2, 0.25) is 6.79 Å². The number of ether oxygens (including phenoxy) is 4. The lowest BCUT2D eigenvalue weighted by molar-refractivity contribution is -0.143. The van der Waals surface area contributed by atoms with Crippen molar-refractivity contribution in [1.82, 2.24) is 9.80 Å². The molecule has 0 saturated carbocycles. The first-order valence-corrected chi connectivity index (χ1v) is 12.3. The molecule has 0 aliphatic carbocycles. The van der Waals surface area contributed by atoms with Gasteiger partial charge in [-0.05, 0) is 41.8 Å². The van der Waals surface area contributed by atoms with Gasteiger partial charge < -0.3 is 33.9 Å². The predicted octanol–water partition coefficient (Wildman–Crippen LogP) is 4.13. The van der Waals surface area contributed by atoms with E-state index in [4.69, 9.17) is 18.9 Å². The van der Waals surface area contributed by atoms with Crippen molar-refractivity contribution in [3.8, 4) is 17.2 Å². The molecule has 4 rings (SSSR count). The third-order valence-corrected chi connectivity index (χ3v) is 6.86. The number of rotatable bonds is 10. The molecule has 9 heteroatoms. The van der Waals surface area contributed by atoms with Gasteiger partial charge >= 0.3 is 12.0 Å². The van der Waals surface area contributed by atoms with Crippen LogP contribution in [0.2, 0.25) is 0 Å². The molecule has 1 fully saturated rings. The molecule has 2 amide bonds. The third kappa shape index (κ3) is 5.36. The van der Waals surface area contributed by atoms with Gasteiger partial charge in [-0.25, -0.2) is 4.79 Å². The van der Waals surface area contributed by atoms with Crippen molar-refractivity contribution in [2.45, 2.75) is 31.7 Å². The molecule has 3 atom stereocenters. The molecule has 1 saturated heterocycles. The summed E-state index contributed by atoms with van der Waals surface area (Å²) in [4.78, 5) is 29.6. The minimum Gasteiger partial charge on any atom is -0.497 e. The second-order valence-corrected chi connectivity index (χ2v) is 9.12. The van der Waals surface area contributed by atoms with Gasteiger partial charge in [-0.1, -0.05) is 31.5 Å². The molecule has 0 unspecified atom stereocenters. The maximum Gasteiger partial charge on any atom is 0.320 e. The first-order chi connectivity index (χ1) is 17.4. The zero-order valence-corrected chi connectivity index (χ0v) is 21.0. The van der Waals surface area contributed by atoms with Crippen LogP contribution in [0, 0.1) is 5.92 Å². The van der Waals surface area contributed by atoms with E-state index in [0.29, 0.717) is 37.0 Å². The van der Waals surface area contributed by atoms with Crippen molar-refractivity contribution in [2.75, 3.05) is 47.3 Å². The summed E-state index contributed by atoms with van der Waals surface area (Å²) in [6, 6.07) is 11.8. The van der Waals surface area contributed by atoms with E-state index in [2.05, 4.69) is 6.92 Å². The Balaban J connectivity index is 1.64. The highest BCUT2D eigenvalue weighted by molar-refractivity contribution is 5.80. The van der Waals surface area contributed by atoms with Crippen LogP contribution in [0.15, 0.2) is 42.5 Å². The molecule has 1 N–H and O–H groups in total. The number of carboxylic acid groups (broad SMARTS) is 1. The van der Waals surface area contributed by atoms with Gasteiger partial charge in [0, 0.05) is 32.7 Å². The van der Waals surface area contributed by atoms with Crippen LogP contribution in [0.25, 0.3) is 0 Å². The van der Waals surface area contributed by atoms with Gasteiger partial charge in [0.15, 0.2) is 11.5 Å². The van der Waals surface area contributed by atoms with Crippen LogP contribution in [0.1, 0.15) is 42.9 Å². The van der Waals surface area contributed by atoms with Crippen LogP contribution >= 0.6 is 0 Å². The van der Waals surface area contributed by atoms with E-state index in [9.17, 15) is 14.7 Å². The topological polar surface area (TPSA) is 97.8 Å². The van der Waals surface area contributed by atoms with Gasteiger partial charge in [-0.3, -0.25) is 4.79 Å². The van der Waals surface area contributed by atoms with Crippen molar-refractivity contribution < 1.29 is 33.6 Å². The highest BCUT2D eigenvalue weighted by Crippen LogP contribution is 2.48. The predicted molar refractivity (Wildman–Crippen MR) is 133 cm³/mol. The SMILES string of the molecule is CCCCOCCN(C)C(=O)N1C[C@H](c2ccc3c(c2)OCO3)[C@H](C(=O)O)[C@H]1c1ccc(OC)cc1. The van der Waals surface area contributed by atoms with Crippen LogP contribution in [0.3, 0.4) is 0 Å². The summed E-state index contributed by atoms with van der Waals surface area (Å²) in [7, 11) is 3.30. The van der Waals surface area contributed by atoms with Crippen molar-refractivity contribution in [3.63, 3.8) is 0 Å². The quantitative estimate of drug-likeness (QED) is 0.492. The van der Waals surface area contributed by atoms with Gasteiger partial charge in [-0.2, -0.15) is 0 Å². The van der Waals surface area contributed by atoms with Gasteiger partial charge in [-0.15, -0.1) is 0 Å². The van der Waals surface area contributed by atoms with E-state index >= 15 is 0 Å². The molecule has 2 heterocycles. The number of urea groups is 1. The molecule has 2 aliphatic heterocycles. The minimum absolute atomic E-state index is 0.135. The fraction of sp³-hybridized carbons (Fsp3) is 0.481. The third-order valence-electron chi connectivity index (χ3n) is 6.86. The van der Waals surface area contributed by atoms with Crippen LogP contribution in [0.5, 0.6) is 17.2 Å². The van der Waals surface area contributed by atoms with Crippen molar-refractivity contribution >= 4 is 12.0 Å². The Morgan fingerprint density at radius 1 is 1.08 bits per heavy atom. The number of carbonyl (C=O) groups is 2. The van der Waals surface area contributed by atoms with Gasteiger partial charge in [0.1, 0.15) is 5.75 Å². The molecule has 0 aromatic heterocycles. The van der Waals surface area contributed by atoms with Crippen LogP contribution in [-0.2, 0) is 9.53 Å². The maximum absolute atomic E-state index is 13.6. The highest BCUT2D eigenvalue weighted by Gasteiger charge is 2.50. The maximum atomic E-state index is 13.6. The van der Waals surface area contributed by atoms with Crippen molar-refractivity contribution in [3.05, 3.63) is 53.6 Å². The zero-order chi connectivity index (χ0) is 25.7. The molecule has 2 aliphatic rings. The van der Waals surface area contributed by atoms with Gasteiger partial charge in [0.25, 0.3) is 0 Å². The molecule has 194 valence electrons. The van der Waals surface area contributed by atoms with E-state index in [1.807, 2.05) is 24.3 Å². The number of carboxylic acids is 1. The Labute approximate surface area is 211 Å². The van der Waals surface area contributed by atoms with Crippen LogP contribution < -0.4 is 14.2 Å². The number of fused-ring (bicyclic) bond motifs is 1. The first-order valence-electron chi connectivity index (χ1n) is 12.3. The Kier molecular flexibility index (Phi) is 8.20. The Morgan fingerprint density at radius 3 is 2.50 bits per heavy atom. The number of aliphatic carboxylic acids is 1. The summed E-state index contributed by atoms with van der Waals surface area (Å²) in [5.41, 5.74) is 1.54. The minimum atomic E-state index is -0.959. The van der Waals surface area contributed by atoms with Gasteiger partial charge in [0.05, 0.1) is 25.7 Å². The smallest absolute Gasteiger partial charge is 0.320 e. The number of amides is 2. The number of carbonyl (C=O) groups excluding carboxylic acids is 1. The molecule has 0 radical (unpaired) electrons. The lowest BCUT2D eigenvalue weighted by Gasteiger charge is -2.31. The second-order valence-electron chi connectivity index (χ2n) is 9.12. The van der Waals surface area contributed by atoms with Crippen LogP contribution in [0.4, 0.5) is 4.79 Å². The summed E-state index contributed by atoms with van der Waals surface area (Å²) in [5, 5.41) is 10.4. The average Bonchev–Trinajstić information content (AvgIpc) is 3.52. The van der Waals surface area contributed by atoms with E-state index in [1.165, 1.54) is 0 Å². The molecule has 0 spiro atoms. The summed E-state index contributed by atoms with van der Waals surface area (Å²) >= 11 is 0. The number of hydrogen-bond acceptors (Lipinski definition) is 6. The summed E-state index contributed by atoms with van der Waals surface area (Å²) < 4.78 is 21.9. The summed E-state index contributed by atoms with van der Waals surface area (Å²) in [5.74, 6) is -0.358. The zero-order valence-electron chi connectivity index (χ0n) is 21.0. The fourth-order valence-electron chi connectivity index (χ4n) is 4.87. The number of likely N-dealkylation sites (tertiary alicyclic amines) is 1. The fourth-order valence-corrected chi connectivity index (χ4v) is 4.87. The normalized spacial score (nSPS) is 20.4. The molecule has 36 heavy (non-hydrogen) atoms. The standard InChI is InChI=1S/C27H34N2O7/c1-4-5-13-34-14-12-28(2)27(32)29-16-21(19-8-11-22-23(15-19)36-17-35-22)24(26(30)31)25(29)18-6-9-20(33-3)10-7-18/h6-11,15,21,24-25H,4-5,12-14,16-17H2,1-3H3,(H,30,31)/t21-,24+,25-/m1/s1. The van der Waals surface area contributed by atoms with Crippen molar-refractivity contribution in [2.24, 2.45) is 5.92 Å². The molecule has 9 nitrogen and oxygen atoms in total. The number of nitrogens with zero attached hydrogens (tertiary/aromatic N) is 2. The van der Waals surface area contributed by atoms with E-state index in [1.54, 1.807) is 42.2 Å². The number of methoxy groups -OCH3 is 1.